The van der Waals surface area contributed by atoms with Crippen LogP contribution >= 0.6 is 0 Å². The number of amides is 1. The summed E-state index contributed by atoms with van der Waals surface area (Å²) in [4.78, 5) is 12.9. The number of carbonyl (C=O) groups excluding carboxylic acids is 1. The summed E-state index contributed by atoms with van der Waals surface area (Å²) in [6.07, 6.45) is 3.64. The van der Waals surface area contributed by atoms with Crippen molar-refractivity contribution in [3.8, 4) is 0 Å². The Morgan fingerprint density at radius 2 is 1.75 bits per heavy atom. The number of benzene rings is 2. The van der Waals surface area contributed by atoms with Crippen LogP contribution in [0.25, 0.3) is 0 Å². The van der Waals surface area contributed by atoms with Crippen molar-refractivity contribution in [3.63, 3.8) is 0 Å². The van der Waals surface area contributed by atoms with E-state index in [0.29, 0.717) is 0 Å². The highest BCUT2D eigenvalue weighted by Gasteiger charge is 2.22. The average Bonchev–Trinajstić information content (AvgIpc) is 3.24. The van der Waals surface area contributed by atoms with Crippen molar-refractivity contribution >= 4 is 5.91 Å². The molecule has 1 saturated heterocycles. The van der Waals surface area contributed by atoms with Gasteiger partial charge in [-0.1, -0.05) is 47.7 Å². The summed E-state index contributed by atoms with van der Waals surface area (Å²) in [6, 6.07) is 15.6. The van der Waals surface area contributed by atoms with Gasteiger partial charge in [-0.2, -0.15) is 0 Å². The first-order valence-corrected chi connectivity index (χ1v) is 9.44. The van der Waals surface area contributed by atoms with Crippen LogP contribution in [-0.4, -0.2) is 34.0 Å². The lowest BCUT2D eigenvalue weighted by atomic mass is 9.98. The predicted molar refractivity (Wildman–Crippen MR) is 103 cm³/mol. The quantitative estimate of drug-likeness (QED) is 0.715. The Morgan fingerprint density at radius 1 is 1.07 bits per heavy atom. The summed E-state index contributed by atoms with van der Waals surface area (Å²) in [6.45, 7) is 1.87. The molecule has 7 heteroatoms. The van der Waals surface area contributed by atoms with Crippen LogP contribution in [0.2, 0.25) is 0 Å². The van der Waals surface area contributed by atoms with E-state index < -0.39 is 6.04 Å². The van der Waals surface area contributed by atoms with Gasteiger partial charge < -0.3 is 10.6 Å². The molecule has 3 aromatic rings. The van der Waals surface area contributed by atoms with E-state index in [0.717, 1.165) is 37.1 Å². The second kappa shape index (κ2) is 8.31. The maximum absolute atomic E-state index is 13.3. The zero-order chi connectivity index (χ0) is 19.3. The number of carbonyl (C=O) groups is 1. The van der Waals surface area contributed by atoms with Crippen LogP contribution in [0.4, 0.5) is 4.39 Å². The molecule has 1 aliphatic rings. The maximum atomic E-state index is 13.3. The molecular weight excluding hydrogens is 357 g/mol. The number of aromatic nitrogens is 3. The van der Waals surface area contributed by atoms with Crippen LogP contribution in [0.3, 0.4) is 0 Å². The molecular formula is C21H22FN5O. The zero-order valence-corrected chi connectivity index (χ0v) is 15.4. The SMILES string of the molecule is O=C(NC(c1ccccc1)c1ccc(F)cc1)c1cn(C2CCNCC2)nn1. The van der Waals surface area contributed by atoms with Crippen LogP contribution in [0.5, 0.6) is 0 Å². The summed E-state index contributed by atoms with van der Waals surface area (Å²) >= 11 is 0. The second-order valence-electron chi connectivity index (χ2n) is 6.93. The van der Waals surface area contributed by atoms with Crippen molar-refractivity contribution in [1.82, 2.24) is 25.6 Å². The molecule has 6 nitrogen and oxygen atoms in total. The van der Waals surface area contributed by atoms with Gasteiger partial charge in [0.1, 0.15) is 5.82 Å². The van der Waals surface area contributed by atoms with Crippen LogP contribution in [0.1, 0.15) is 46.5 Å². The maximum Gasteiger partial charge on any atom is 0.274 e. The van der Waals surface area contributed by atoms with Gasteiger partial charge >= 0.3 is 0 Å². The molecule has 1 amide bonds. The Hall–Kier alpha value is -3.06. The van der Waals surface area contributed by atoms with E-state index in [1.165, 1.54) is 12.1 Å². The highest BCUT2D eigenvalue weighted by Crippen LogP contribution is 2.23. The summed E-state index contributed by atoms with van der Waals surface area (Å²) in [5.41, 5.74) is 1.99. The van der Waals surface area contributed by atoms with Gasteiger partial charge in [-0.25, -0.2) is 9.07 Å². The molecule has 0 bridgehead atoms. The summed E-state index contributed by atoms with van der Waals surface area (Å²) in [7, 11) is 0. The molecule has 0 saturated carbocycles. The lowest BCUT2D eigenvalue weighted by Gasteiger charge is -2.22. The molecule has 2 heterocycles. The fourth-order valence-corrected chi connectivity index (χ4v) is 3.50. The molecule has 0 radical (unpaired) electrons. The first-order valence-electron chi connectivity index (χ1n) is 9.44. The molecule has 28 heavy (non-hydrogen) atoms. The van der Waals surface area contributed by atoms with Crippen LogP contribution < -0.4 is 10.6 Å². The van der Waals surface area contributed by atoms with Crippen molar-refractivity contribution < 1.29 is 9.18 Å². The molecule has 1 fully saturated rings. The van der Waals surface area contributed by atoms with Crippen molar-refractivity contribution in [3.05, 3.63) is 83.4 Å². The van der Waals surface area contributed by atoms with Gasteiger partial charge in [0.2, 0.25) is 0 Å². The van der Waals surface area contributed by atoms with E-state index in [4.69, 9.17) is 0 Å². The van der Waals surface area contributed by atoms with Crippen LogP contribution in [-0.2, 0) is 0 Å². The van der Waals surface area contributed by atoms with Crippen molar-refractivity contribution in [2.24, 2.45) is 0 Å². The third-order valence-corrected chi connectivity index (χ3v) is 5.04. The summed E-state index contributed by atoms with van der Waals surface area (Å²) in [5.74, 6) is -0.620. The van der Waals surface area contributed by atoms with E-state index >= 15 is 0 Å². The number of nitrogens with one attached hydrogen (secondary N) is 2. The highest BCUT2D eigenvalue weighted by atomic mass is 19.1. The molecule has 1 unspecified atom stereocenters. The second-order valence-corrected chi connectivity index (χ2v) is 6.93. The van der Waals surface area contributed by atoms with E-state index in [1.54, 1.807) is 23.0 Å². The number of hydrogen-bond donors (Lipinski definition) is 2. The molecule has 2 N–H and O–H groups in total. The number of rotatable bonds is 5. The van der Waals surface area contributed by atoms with Crippen molar-refractivity contribution in [2.45, 2.75) is 24.9 Å². The average molecular weight is 379 g/mol. The van der Waals surface area contributed by atoms with Crippen LogP contribution in [0, 0.1) is 5.82 Å². The van der Waals surface area contributed by atoms with Crippen molar-refractivity contribution in [1.29, 1.82) is 0 Å². The minimum absolute atomic E-state index is 0.261. The standard InChI is InChI=1S/C21H22FN5O/c22-17-8-6-16(7-9-17)20(15-4-2-1-3-5-15)24-21(28)19-14-27(26-25-19)18-10-12-23-13-11-18/h1-9,14,18,20,23H,10-13H2,(H,24,28). The first-order chi connectivity index (χ1) is 13.7. The van der Waals surface area contributed by atoms with E-state index in [-0.39, 0.29) is 23.5 Å². The fraction of sp³-hybridized carbons (Fsp3) is 0.286. The molecule has 4 rings (SSSR count). The van der Waals surface area contributed by atoms with Gasteiger partial charge in [-0.15, -0.1) is 5.10 Å². The fourth-order valence-electron chi connectivity index (χ4n) is 3.50. The lowest BCUT2D eigenvalue weighted by Crippen LogP contribution is -2.30. The van der Waals surface area contributed by atoms with Gasteiger partial charge in [-0.05, 0) is 49.2 Å². The summed E-state index contributed by atoms with van der Waals surface area (Å²) in [5, 5.41) is 14.5. The third-order valence-electron chi connectivity index (χ3n) is 5.04. The van der Waals surface area contributed by atoms with Crippen molar-refractivity contribution in [2.75, 3.05) is 13.1 Å². The van der Waals surface area contributed by atoms with E-state index in [9.17, 15) is 9.18 Å². The minimum atomic E-state index is -0.404. The topological polar surface area (TPSA) is 71.8 Å². The van der Waals surface area contributed by atoms with Gasteiger partial charge in [0, 0.05) is 0 Å². The summed E-state index contributed by atoms with van der Waals surface area (Å²) < 4.78 is 15.1. The number of hydrogen-bond acceptors (Lipinski definition) is 4. The molecule has 1 atom stereocenters. The Balaban J connectivity index is 1.55. The molecule has 0 aliphatic carbocycles. The Kier molecular flexibility index (Phi) is 5.43. The smallest absolute Gasteiger partial charge is 0.274 e. The lowest BCUT2D eigenvalue weighted by molar-refractivity contribution is 0.0938. The van der Waals surface area contributed by atoms with E-state index in [2.05, 4.69) is 20.9 Å². The number of nitrogens with zero attached hydrogens (tertiary/aromatic N) is 3. The molecule has 2 aromatic carbocycles. The largest absolute Gasteiger partial charge is 0.340 e. The molecule has 0 spiro atoms. The Bertz CT molecular complexity index is 919. The highest BCUT2D eigenvalue weighted by molar-refractivity contribution is 5.92. The molecule has 1 aromatic heterocycles. The zero-order valence-electron chi connectivity index (χ0n) is 15.4. The van der Waals surface area contributed by atoms with Gasteiger partial charge in [-0.3, -0.25) is 4.79 Å². The molecule has 1 aliphatic heterocycles. The Labute approximate surface area is 162 Å². The third kappa shape index (κ3) is 4.09. The predicted octanol–water partition coefficient (Wildman–Crippen LogP) is 2.86. The minimum Gasteiger partial charge on any atom is -0.340 e. The first kappa shape index (κ1) is 18.3. The number of halogens is 1. The van der Waals surface area contributed by atoms with Gasteiger partial charge in [0.15, 0.2) is 5.69 Å². The Morgan fingerprint density at radius 3 is 2.46 bits per heavy atom. The normalized spacial score (nSPS) is 15.9. The monoisotopic (exact) mass is 379 g/mol. The number of piperidine rings is 1. The van der Waals surface area contributed by atoms with Gasteiger partial charge in [0.25, 0.3) is 5.91 Å². The van der Waals surface area contributed by atoms with Crippen LogP contribution in [0.15, 0.2) is 60.8 Å². The molecule has 144 valence electrons. The van der Waals surface area contributed by atoms with E-state index in [1.807, 2.05) is 30.3 Å². The van der Waals surface area contributed by atoms with Gasteiger partial charge in [0.05, 0.1) is 18.3 Å².